The summed E-state index contributed by atoms with van der Waals surface area (Å²) in [7, 11) is 0. The summed E-state index contributed by atoms with van der Waals surface area (Å²) in [5.74, 6) is 0.887. The van der Waals surface area contributed by atoms with Gasteiger partial charge in [-0.1, -0.05) is 30.3 Å². The van der Waals surface area contributed by atoms with Gasteiger partial charge in [0.2, 0.25) is 0 Å². The molecule has 0 spiro atoms. The molecule has 0 fully saturated rings. The molecule has 0 bridgehead atoms. The van der Waals surface area contributed by atoms with Gasteiger partial charge >= 0.3 is 6.03 Å². The van der Waals surface area contributed by atoms with Gasteiger partial charge in [-0.05, 0) is 60.6 Å². The molecule has 0 radical (unpaired) electrons. The highest BCUT2D eigenvalue weighted by Gasteiger charge is 2.11. The predicted octanol–water partition coefficient (Wildman–Crippen LogP) is 3.36. The molecule has 0 unspecified atom stereocenters. The Hall–Kier alpha value is -2.49. The van der Waals surface area contributed by atoms with Crippen molar-refractivity contribution in [3.05, 3.63) is 64.7 Å². The second-order valence-electron chi connectivity index (χ2n) is 6.17. The zero-order valence-electron chi connectivity index (χ0n) is 14.1. The Bertz CT molecular complexity index is 713. The lowest BCUT2D eigenvalue weighted by Crippen LogP contribution is -2.37. The monoisotopic (exact) mass is 324 g/mol. The molecule has 24 heavy (non-hydrogen) atoms. The number of rotatable bonds is 6. The Kier molecular flexibility index (Phi) is 5.36. The van der Waals surface area contributed by atoms with E-state index in [2.05, 4.69) is 22.8 Å². The molecule has 2 aromatic rings. The normalized spacial score (nSPS) is 12.5. The molecule has 4 heteroatoms. The van der Waals surface area contributed by atoms with Gasteiger partial charge < -0.3 is 15.4 Å². The van der Waals surface area contributed by atoms with Gasteiger partial charge in [-0.15, -0.1) is 0 Å². The number of urea groups is 1. The third-order valence-corrected chi connectivity index (χ3v) is 4.43. The summed E-state index contributed by atoms with van der Waals surface area (Å²) in [5, 5.41) is 5.69. The van der Waals surface area contributed by atoms with Crippen LogP contribution in [0.3, 0.4) is 0 Å². The Morgan fingerprint density at radius 3 is 2.79 bits per heavy atom. The fourth-order valence-corrected chi connectivity index (χ4v) is 3.02. The molecule has 0 aliphatic heterocycles. The first-order valence-corrected chi connectivity index (χ1v) is 8.53. The molecule has 0 atom stereocenters. The third kappa shape index (κ3) is 4.28. The lowest BCUT2D eigenvalue weighted by Gasteiger charge is -2.11. The van der Waals surface area contributed by atoms with E-state index in [0.717, 1.165) is 17.7 Å². The van der Waals surface area contributed by atoms with Crippen LogP contribution in [0.1, 0.15) is 28.7 Å². The molecule has 0 saturated carbocycles. The van der Waals surface area contributed by atoms with Gasteiger partial charge in [0.15, 0.2) is 0 Å². The molecule has 126 valence electrons. The van der Waals surface area contributed by atoms with E-state index < -0.39 is 0 Å². The Morgan fingerprint density at radius 2 is 1.92 bits per heavy atom. The lowest BCUT2D eigenvalue weighted by atomic mass is 10.1. The zero-order valence-corrected chi connectivity index (χ0v) is 14.1. The van der Waals surface area contributed by atoms with Crippen LogP contribution in [0.4, 0.5) is 4.79 Å². The number of nitrogens with one attached hydrogen (secondary N) is 2. The van der Waals surface area contributed by atoms with Crippen molar-refractivity contribution < 1.29 is 9.53 Å². The topological polar surface area (TPSA) is 50.4 Å². The summed E-state index contributed by atoms with van der Waals surface area (Å²) in [4.78, 5) is 11.8. The molecule has 4 nitrogen and oxygen atoms in total. The van der Waals surface area contributed by atoms with Crippen molar-refractivity contribution >= 4 is 6.03 Å². The Morgan fingerprint density at radius 1 is 1.08 bits per heavy atom. The Balaban J connectivity index is 1.36. The maximum Gasteiger partial charge on any atom is 0.315 e. The van der Waals surface area contributed by atoms with E-state index in [9.17, 15) is 4.79 Å². The van der Waals surface area contributed by atoms with E-state index in [4.69, 9.17) is 4.74 Å². The fourth-order valence-electron chi connectivity index (χ4n) is 3.02. The van der Waals surface area contributed by atoms with Crippen molar-refractivity contribution in [3.63, 3.8) is 0 Å². The number of fused-ring (bicyclic) bond motifs is 1. The van der Waals surface area contributed by atoms with Gasteiger partial charge in [-0.25, -0.2) is 4.79 Å². The van der Waals surface area contributed by atoms with Crippen molar-refractivity contribution in [2.24, 2.45) is 0 Å². The summed E-state index contributed by atoms with van der Waals surface area (Å²) < 4.78 is 5.72. The first kappa shape index (κ1) is 16.4. The molecular weight excluding hydrogens is 300 g/mol. The molecule has 0 saturated heterocycles. The highest BCUT2D eigenvalue weighted by molar-refractivity contribution is 5.73. The van der Waals surface area contributed by atoms with Crippen LogP contribution in [0.25, 0.3) is 0 Å². The number of carbonyl (C=O) groups excluding carboxylic acids is 1. The molecule has 2 aromatic carbocycles. The highest BCUT2D eigenvalue weighted by Crippen LogP contribution is 2.25. The van der Waals surface area contributed by atoms with Gasteiger partial charge in [-0.2, -0.15) is 0 Å². The van der Waals surface area contributed by atoms with Crippen LogP contribution in [0, 0.1) is 6.92 Å². The van der Waals surface area contributed by atoms with E-state index in [1.54, 1.807) is 0 Å². The van der Waals surface area contributed by atoms with E-state index >= 15 is 0 Å². The smallest absolute Gasteiger partial charge is 0.315 e. The summed E-state index contributed by atoms with van der Waals surface area (Å²) in [6.07, 6.45) is 3.56. The number of hydrogen-bond donors (Lipinski definition) is 2. The average molecular weight is 324 g/mol. The van der Waals surface area contributed by atoms with Gasteiger partial charge in [0.1, 0.15) is 12.4 Å². The van der Waals surface area contributed by atoms with E-state index in [0.29, 0.717) is 19.7 Å². The van der Waals surface area contributed by atoms with Crippen LogP contribution in [-0.2, 0) is 19.4 Å². The second kappa shape index (κ2) is 7.86. The number of hydrogen-bond acceptors (Lipinski definition) is 2. The molecule has 0 heterocycles. The summed E-state index contributed by atoms with van der Waals surface area (Å²) in [6, 6.07) is 14.2. The quantitative estimate of drug-likeness (QED) is 0.801. The third-order valence-electron chi connectivity index (χ3n) is 4.43. The molecule has 1 aliphatic rings. The molecule has 2 amide bonds. The zero-order chi connectivity index (χ0) is 16.8. The minimum Gasteiger partial charge on any atom is -0.492 e. The van der Waals surface area contributed by atoms with Crippen LogP contribution in [0.2, 0.25) is 0 Å². The lowest BCUT2D eigenvalue weighted by molar-refractivity contribution is 0.236. The van der Waals surface area contributed by atoms with E-state index in [1.165, 1.54) is 29.5 Å². The second-order valence-corrected chi connectivity index (χ2v) is 6.17. The maximum absolute atomic E-state index is 11.8. The van der Waals surface area contributed by atoms with Crippen molar-refractivity contribution in [3.8, 4) is 5.75 Å². The SMILES string of the molecule is Cc1ccccc1CNC(=O)NCCOc1ccc2c(c1)CCC2. The van der Waals surface area contributed by atoms with Crippen molar-refractivity contribution in [1.82, 2.24) is 10.6 Å². The summed E-state index contributed by atoms with van der Waals surface area (Å²) in [5.41, 5.74) is 5.15. The summed E-state index contributed by atoms with van der Waals surface area (Å²) in [6.45, 7) is 3.52. The van der Waals surface area contributed by atoms with Crippen molar-refractivity contribution in [2.45, 2.75) is 32.7 Å². The molecule has 0 aromatic heterocycles. The predicted molar refractivity (Wildman–Crippen MR) is 95.4 cm³/mol. The summed E-state index contributed by atoms with van der Waals surface area (Å²) >= 11 is 0. The van der Waals surface area contributed by atoms with Crippen LogP contribution in [-0.4, -0.2) is 19.2 Å². The van der Waals surface area contributed by atoms with Gasteiger partial charge in [0, 0.05) is 6.54 Å². The largest absolute Gasteiger partial charge is 0.492 e. The first-order valence-electron chi connectivity index (χ1n) is 8.53. The van der Waals surface area contributed by atoms with Crippen LogP contribution < -0.4 is 15.4 Å². The standard InChI is InChI=1S/C20H24N2O2/c1-15-5-2-3-6-18(15)14-22-20(23)21-11-12-24-19-10-9-16-7-4-8-17(16)13-19/h2-3,5-6,9-10,13H,4,7-8,11-12,14H2,1H3,(H2,21,22,23). The number of ether oxygens (including phenoxy) is 1. The molecular formula is C20H24N2O2. The number of amides is 2. The van der Waals surface area contributed by atoms with Gasteiger partial charge in [0.25, 0.3) is 0 Å². The molecule has 2 N–H and O–H groups in total. The number of aryl methyl sites for hydroxylation is 3. The van der Waals surface area contributed by atoms with Gasteiger partial charge in [-0.3, -0.25) is 0 Å². The average Bonchev–Trinajstić information content (AvgIpc) is 3.06. The first-order chi connectivity index (χ1) is 11.7. The van der Waals surface area contributed by atoms with Crippen molar-refractivity contribution in [1.29, 1.82) is 0 Å². The van der Waals surface area contributed by atoms with Crippen LogP contribution in [0.15, 0.2) is 42.5 Å². The number of carbonyl (C=O) groups is 1. The van der Waals surface area contributed by atoms with Crippen molar-refractivity contribution in [2.75, 3.05) is 13.2 Å². The minimum absolute atomic E-state index is 0.171. The number of benzene rings is 2. The fraction of sp³-hybridized carbons (Fsp3) is 0.350. The van der Waals surface area contributed by atoms with Crippen LogP contribution >= 0.6 is 0 Å². The Labute approximate surface area is 143 Å². The van der Waals surface area contributed by atoms with E-state index in [1.807, 2.05) is 37.3 Å². The molecule has 1 aliphatic carbocycles. The van der Waals surface area contributed by atoms with E-state index in [-0.39, 0.29) is 6.03 Å². The minimum atomic E-state index is -0.171. The van der Waals surface area contributed by atoms with Crippen LogP contribution in [0.5, 0.6) is 5.75 Å². The maximum atomic E-state index is 11.8. The highest BCUT2D eigenvalue weighted by atomic mass is 16.5. The van der Waals surface area contributed by atoms with Gasteiger partial charge in [0.05, 0.1) is 6.54 Å². The molecule has 3 rings (SSSR count).